The number of piperidine rings is 1. The standard InChI is InChI=1S/C14H27N3O/c1-11(2)13-15-12(3)14(18)17(13)10-9-16-7-5-4-6-8-16/h11-13,15H,4-10H2,1-3H3. The van der Waals surface area contributed by atoms with Crippen molar-refractivity contribution in [3.8, 4) is 0 Å². The molecule has 2 aliphatic rings. The summed E-state index contributed by atoms with van der Waals surface area (Å²) in [6, 6.07) is -0.0150. The normalized spacial score (nSPS) is 30.4. The van der Waals surface area contributed by atoms with Crippen LogP contribution in [0.5, 0.6) is 0 Å². The highest BCUT2D eigenvalue weighted by molar-refractivity contribution is 5.83. The molecule has 2 heterocycles. The summed E-state index contributed by atoms with van der Waals surface area (Å²) in [5.74, 6) is 0.742. The number of carbonyl (C=O) groups is 1. The van der Waals surface area contributed by atoms with Crippen LogP contribution in [0.4, 0.5) is 0 Å². The number of rotatable bonds is 4. The minimum absolute atomic E-state index is 0.0150. The van der Waals surface area contributed by atoms with Crippen LogP contribution in [0.2, 0.25) is 0 Å². The summed E-state index contributed by atoms with van der Waals surface area (Å²) < 4.78 is 0. The van der Waals surface area contributed by atoms with Crippen LogP contribution in [0.1, 0.15) is 40.0 Å². The summed E-state index contributed by atoms with van der Waals surface area (Å²) >= 11 is 0. The zero-order valence-corrected chi connectivity index (χ0v) is 12.0. The molecule has 0 aromatic carbocycles. The molecule has 2 rings (SSSR count). The highest BCUT2D eigenvalue weighted by atomic mass is 16.2. The molecule has 1 amide bonds. The quantitative estimate of drug-likeness (QED) is 0.819. The zero-order chi connectivity index (χ0) is 13.1. The molecule has 0 aromatic rings. The summed E-state index contributed by atoms with van der Waals surface area (Å²) in [5.41, 5.74) is 0. The second-order valence-corrected chi connectivity index (χ2v) is 6.01. The number of carbonyl (C=O) groups excluding carboxylic acids is 1. The van der Waals surface area contributed by atoms with Gasteiger partial charge in [-0.05, 0) is 38.8 Å². The summed E-state index contributed by atoms with van der Waals surface area (Å²) in [7, 11) is 0. The van der Waals surface area contributed by atoms with Gasteiger partial charge in [-0.3, -0.25) is 10.1 Å². The van der Waals surface area contributed by atoms with Gasteiger partial charge in [0.2, 0.25) is 5.91 Å². The van der Waals surface area contributed by atoms with Crippen molar-refractivity contribution in [1.29, 1.82) is 0 Å². The molecule has 0 radical (unpaired) electrons. The van der Waals surface area contributed by atoms with Crippen molar-refractivity contribution >= 4 is 5.91 Å². The third-order valence-corrected chi connectivity index (χ3v) is 4.15. The van der Waals surface area contributed by atoms with Gasteiger partial charge in [-0.25, -0.2) is 0 Å². The van der Waals surface area contributed by atoms with E-state index in [9.17, 15) is 4.79 Å². The third-order valence-electron chi connectivity index (χ3n) is 4.15. The molecular formula is C14H27N3O. The first-order chi connectivity index (χ1) is 8.59. The fourth-order valence-corrected chi connectivity index (χ4v) is 3.04. The van der Waals surface area contributed by atoms with Crippen molar-refractivity contribution in [1.82, 2.24) is 15.1 Å². The first-order valence-corrected chi connectivity index (χ1v) is 7.38. The second-order valence-electron chi connectivity index (χ2n) is 6.01. The summed E-state index contributed by atoms with van der Waals surface area (Å²) in [6.45, 7) is 10.6. The SMILES string of the molecule is CC1NC(C(C)C)N(CCN2CCCCC2)C1=O. The molecule has 104 valence electrons. The Morgan fingerprint density at radius 2 is 1.89 bits per heavy atom. The van der Waals surface area contributed by atoms with Crippen molar-refractivity contribution in [2.24, 2.45) is 5.92 Å². The van der Waals surface area contributed by atoms with E-state index < -0.39 is 0 Å². The van der Waals surface area contributed by atoms with Crippen LogP contribution in [0.3, 0.4) is 0 Å². The number of amides is 1. The Morgan fingerprint density at radius 1 is 1.22 bits per heavy atom. The van der Waals surface area contributed by atoms with Crippen molar-refractivity contribution in [2.75, 3.05) is 26.2 Å². The summed E-state index contributed by atoms with van der Waals surface area (Å²) in [4.78, 5) is 16.7. The largest absolute Gasteiger partial charge is 0.324 e. The van der Waals surface area contributed by atoms with E-state index >= 15 is 0 Å². The molecule has 2 fully saturated rings. The zero-order valence-electron chi connectivity index (χ0n) is 12.0. The number of nitrogens with zero attached hydrogens (tertiary/aromatic N) is 2. The number of nitrogens with one attached hydrogen (secondary N) is 1. The van der Waals surface area contributed by atoms with Gasteiger partial charge in [0.25, 0.3) is 0 Å². The van der Waals surface area contributed by atoms with Gasteiger partial charge in [0.1, 0.15) is 0 Å². The highest BCUT2D eigenvalue weighted by Gasteiger charge is 2.37. The molecular weight excluding hydrogens is 226 g/mol. The Labute approximate surface area is 111 Å². The summed E-state index contributed by atoms with van der Waals surface area (Å²) in [5, 5.41) is 3.40. The number of hydrogen-bond acceptors (Lipinski definition) is 3. The Balaban J connectivity index is 1.87. The van der Waals surface area contributed by atoms with Gasteiger partial charge in [-0.2, -0.15) is 0 Å². The van der Waals surface area contributed by atoms with Crippen molar-refractivity contribution in [2.45, 2.75) is 52.2 Å². The van der Waals surface area contributed by atoms with Gasteiger partial charge in [0, 0.05) is 13.1 Å². The topological polar surface area (TPSA) is 35.6 Å². The fourth-order valence-electron chi connectivity index (χ4n) is 3.04. The van der Waals surface area contributed by atoms with Crippen LogP contribution < -0.4 is 5.32 Å². The van der Waals surface area contributed by atoms with Crippen LogP contribution >= 0.6 is 0 Å². The van der Waals surface area contributed by atoms with E-state index in [1.165, 1.54) is 32.4 Å². The lowest BCUT2D eigenvalue weighted by atomic mass is 10.1. The molecule has 4 nitrogen and oxygen atoms in total. The number of hydrogen-bond donors (Lipinski definition) is 1. The maximum absolute atomic E-state index is 12.1. The van der Waals surface area contributed by atoms with Crippen molar-refractivity contribution in [3.05, 3.63) is 0 Å². The van der Waals surface area contributed by atoms with Gasteiger partial charge < -0.3 is 9.80 Å². The minimum Gasteiger partial charge on any atom is -0.324 e. The van der Waals surface area contributed by atoms with Crippen LogP contribution in [0.25, 0.3) is 0 Å². The third kappa shape index (κ3) is 3.04. The van der Waals surface area contributed by atoms with Gasteiger partial charge in [0.05, 0.1) is 12.2 Å². The molecule has 0 saturated carbocycles. The molecule has 4 heteroatoms. The first kappa shape index (κ1) is 13.8. The van der Waals surface area contributed by atoms with E-state index in [4.69, 9.17) is 0 Å². The Bertz CT molecular complexity index is 287. The van der Waals surface area contributed by atoms with E-state index in [0.29, 0.717) is 5.92 Å². The van der Waals surface area contributed by atoms with E-state index in [2.05, 4.69) is 24.1 Å². The maximum Gasteiger partial charge on any atom is 0.240 e. The molecule has 1 N–H and O–H groups in total. The van der Waals surface area contributed by atoms with Crippen LogP contribution in [0, 0.1) is 5.92 Å². The molecule has 0 aromatic heterocycles. The first-order valence-electron chi connectivity index (χ1n) is 7.38. The Hall–Kier alpha value is -0.610. The molecule has 2 saturated heterocycles. The van der Waals surface area contributed by atoms with Gasteiger partial charge in [-0.15, -0.1) is 0 Å². The maximum atomic E-state index is 12.1. The average molecular weight is 253 g/mol. The van der Waals surface area contributed by atoms with E-state index in [-0.39, 0.29) is 18.1 Å². The molecule has 0 spiro atoms. The molecule has 2 atom stereocenters. The van der Waals surface area contributed by atoms with Gasteiger partial charge in [-0.1, -0.05) is 20.3 Å². The van der Waals surface area contributed by atoms with Crippen LogP contribution in [-0.4, -0.2) is 54.1 Å². The van der Waals surface area contributed by atoms with Crippen LogP contribution in [0.15, 0.2) is 0 Å². The monoisotopic (exact) mass is 253 g/mol. The predicted octanol–water partition coefficient (Wildman–Crippen LogP) is 1.27. The highest BCUT2D eigenvalue weighted by Crippen LogP contribution is 2.17. The van der Waals surface area contributed by atoms with Gasteiger partial charge in [0.15, 0.2) is 0 Å². The molecule has 18 heavy (non-hydrogen) atoms. The predicted molar refractivity (Wildman–Crippen MR) is 73.2 cm³/mol. The lowest BCUT2D eigenvalue weighted by Gasteiger charge is -2.32. The van der Waals surface area contributed by atoms with E-state index in [1.54, 1.807) is 0 Å². The fraction of sp³-hybridized carbons (Fsp3) is 0.929. The molecule has 2 aliphatic heterocycles. The average Bonchev–Trinajstić information content (AvgIpc) is 2.65. The second kappa shape index (κ2) is 6.02. The lowest BCUT2D eigenvalue weighted by molar-refractivity contribution is -0.130. The minimum atomic E-state index is -0.0150. The lowest BCUT2D eigenvalue weighted by Crippen LogP contribution is -2.45. The molecule has 0 bridgehead atoms. The van der Waals surface area contributed by atoms with Crippen molar-refractivity contribution in [3.63, 3.8) is 0 Å². The number of likely N-dealkylation sites (tertiary alicyclic amines) is 1. The molecule has 2 unspecified atom stereocenters. The van der Waals surface area contributed by atoms with Crippen molar-refractivity contribution < 1.29 is 4.79 Å². The smallest absolute Gasteiger partial charge is 0.240 e. The summed E-state index contributed by atoms with van der Waals surface area (Å²) in [6.07, 6.45) is 4.22. The molecule has 0 aliphatic carbocycles. The Morgan fingerprint density at radius 3 is 2.50 bits per heavy atom. The van der Waals surface area contributed by atoms with E-state index in [1.807, 2.05) is 11.8 Å². The van der Waals surface area contributed by atoms with E-state index in [0.717, 1.165) is 13.1 Å². The Kier molecular flexibility index (Phi) is 4.62. The van der Waals surface area contributed by atoms with Crippen LogP contribution in [-0.2, 0) is 4.79 Å². The van der Waals surface area contributed by atoms with Gasteiger partial charge >= 0.3 is 0 Å².